The summed E-state index contributed by atoms with van der Waals surface area (Å²) in [5.41, 5.74) is 2.74. The fourth-order valence-electron chi connectivity index (χ4n) is 2.68. The van der Waals surface area contributed by atoms with Crippen molar-refractivity contribution in [2.75, 3.05) is 19.0 Å². The molecule has 150 valence electrons. The summed E-state index contributed by atoms with van der Waals surface area (Å²) in [6.45, 7) is 1.95. The van der Waals surface area contributed by atoms with Gasteiger partial charge < -0.3 is 9.47 Å². The monoisotopic (exact) mass is 410 g/mol. The number of benzene rings is 2. The number of nitrogens with one attached hydrogen (secondary N) is 1. The highest BCUT2D eigenvalue weighted by Crippen LogP contribution is 2.31. The number of ether oxygens (including phenoxy) is 2. The first-order valence-electron chi connectivity index (χ1n) is 9.22. The van der Waals surface area contributed by atoms with E-state index in [1.165, 1.54) is 24.0 Å². The highest BCUT2D eigenvalue weighted by Gasteiger charge is 2.18. The molecule has 0 radical (unpaired) electrons. The van der Waals surface area contributed by atoms with E-state index in [1.807, 2.05) is 54.6 Å². The molecule has 0 bridgehead atoms. The molecule has 29 heavy (non-hydrogen) atoms. The average molecular weight is 410 g/mol. The Morgan fingerprint density at radius 1 is 1.07 bits per heavy atom. The Labute approximate surface area is 173 Å². The van der Waals surface area contributed by atoms with Crippen LogP contribution in [0.15, 0.2) is 54.6 Å². The second-order valence-electron chi connectivity index (χ2n) is 6.24. The van der Waals surface area contributed by atoms with E-state index < -0.39 is 0 Å². The maximum absolute atomic E-state index is 12.3. The van der Waals surface area contributed by atoms with Gasteiger partial charge in [0.1, 0.15) is 5.75 Å². The van der Waals surface area contributed by atoms with E-state index in [1.54, 1.807) is 0 Å². The molecule has 1 aromatic heterocycles. The Kier molecular flexibility index (Phi) is 6.97. The highest BCUT2D eigenvalue weighted by atomic mass is 32.1. The first-order chi connectivity index (χ1) is 14.1. The van der Waals surface area contributed by atoms with Crippen LogP contribution in [0.2, 0.25) is 0 Å². The van der Waals surface area contributed by atoms with Gasteiger partial charge in [0, 0.05) is 10.4 Å². The molecule has 0 spiro atoms. The lowest BCUT2D eigenvalue weighted by Gasteiger charge is -2.06. The van der Waals surface area contributed by atoms with Crippen molar-refractivity contribution in [3.05, 3.63) is 65.0 Å². The molecule has 3 rings (SSSR count). The number of hydrogen-bond acceptors (Lipinski definition) is 6. The third-order valence-corrected chi connectivity index (χ3v) is 5.20. The number of anilines is 1. The quantitative estimate of drug-likeness (QED) is 0.566. The van der Waals surface area contributed by atoms with Crippen molar-refractivity contribution in [3.8, 4) is 17.0 Å². The van der Waals surface area contributed by atoms with Crippen LogP contribution in [0.25, 0.3) is 11.3 Å². The van der Waals surface area contributed by atoms with Crippen molar-refractivity contribution in [2.45, 2.75) is 19.8 Å². The number of aromatic nitrogens is 1. The number of carbonyl (C=O) groups is 2. The Bertz CT molecular complexity index is 968. The number of amides is 1. The van der Waals surface area contributed by atoms with Crippen molar-refractivity contribution >= 4 is 28.3 Å². The number of thiazole rings is 1. The minimum atomic E-state index is -0.359. The lowest BCUT2D eigenvalue weighted by molar-refractivity contribution is -0.139. The first kappa shape index (κ1) is 20.5. The summed E-state index contributed by atoms with van der Waals surface area (Å²) >= 11 is 1.25. The normalized spacial score (nSPS) is 10.4. The van der Waals surface area contributed by atoms with E-state index in [0.29, 0.717) is 16.6 Å². The van der Waals surface area contributed by atoms with E-state index in [2.05, 4.69) is 17.2 Å². The van der Waals surface area contributed by atoms with Gasteiger partial charge >= 0.3 is 5.97 Å². The van der Waals surface area contributed by atoms with Gasteiger partial charge in [-0.05, 0) is 24.1 Å². The predicted molar refractivity (Wildman–Crippen MR) is 113 cm³/mol. The van der Waals surface area contributed by atoms with Gasteiger partial charge in [0.25, 0.3) is 5.91 Å². The number of esters is 1. The molecule has 0 saturated carbocycles. The second kappa shape index (κ2) is 9.84. The largest absolute Gasteiger partial charge is 0.484 e. The zero-order valence-electron chi connectivity index (χ0n) is 16.3. The molecule has 0 aliphatic carbocycles. The summed E-state index contributed by atoms with van der Waals surface area (Å²) in [6, 6.07) is 17.1. The maximum Gasteiger partial charge on any atom is 0.310 e. The third kappa shape index (κ3) is 5.65. The SMILES string of the molecule is CCc1ccc(OCC(=O)Nc2nc(-c3ccccc3)c(CC(=O)OC)s2)cc1. The van der Waals surface area contributed by atoms with Gasteiger partial charge in [-0.3, -0.25) is 14.9 Å². The number of nitrogens with zero attached hydrogens (tertiary/aromatic N) is 1. The minimum Gasteiger partial charge on any atom is -0.484 e. The van der Waals surface area contributed by atoms with Gasteiger partial charge in [-0.25, -0.2) is 4.98 Å². The van der Waals surface area contributed by atoms with Gasteiger partial charge in [0.05, 0.1) is 19.2 Å². The topological polar surface area (TPSA) is 77.5 Å². The van der Waals surface area contributed by atoms with Gasteiger partial charge in [-0.2, -0.15) is 0 Å². The maximum atomic E-state index is 12.3. The van der Waals surface area contributed by atoms with E-state index in [9.17, 15) is 9.59 Å². The Morgan fingerprint density at radius 2 is 1.79 bits per heavy atom. The molecular formula is C22H22N2O4S. The fraction of sp³-hybridized carbons (Fsp3) is 0.227. The van der Waals surface area contributed by atoms with E-state index in [0.717, 1.165) is 16.9 Å². The van der Waals surface area contributed by atoms with Crippen molar-refractivity contribution in [1.29, 1.82) is 0 Å². The minimum absolute atomic E-state index is 0.0918. The number of methoxy groups -OCH3 is 1. The Morgan fingerprint density at radius 3 is 2.45 bits per heavy atom. The molecule has 0 unspecified atom stereocenters. The molecule has 0 saturated heterocycles. The highest BCUT2D eigenvalue weighted by molar-refractivity contribution is 7.16. The van der Waals surface area contributed by atoms with Crippen LogP contribution in [0.1, 0.15) is 17.4 Å². The molecule has 2 aromatic carbocycles. The fourth-order valence-corrected chi connectivity index (χ4v) is 3.66. The molecular weight excluding hydrogens is 388 g/mol. The molecule has 3 aromatic rings. The summed E-state index contributed by atoms with van der Waals surface area (Å²) in [5.74, 6) is -0.0436. The predicted octanol–water partition coefficient (Wildman–Crippen LogP) is 4.11. The van der Waals surface area contributed by atoms with Crippen LogP contribution < -0.4 is 10.1 Å². The van der Waals surface area contributed by atoms with Gasteiger partial charge in [-0.15, -0.1) is 11.3 Å². The van der Waals surface area contributed by atoms with Crippen LogP contribution in [0.4, 0.5) is 5.13 Å². The van der Waals surface area contributed by atoms with Crippen LogP contribution in [0.5, 0.6) is 5.75 Å². The average Bonchev–Trinajstić information content (AvgIpc) is 3.15. The molecule has 0 atom stereocenters. The number of rotatable bonds is 8. The van der Waals surface area contributed by atoms with Crippen LogP contribution in [-0.4, -0.2) is 30.6 Å². The van der Waals surface area contributed by atoms with Crippen LogP contribution in [-0.2, 0) is 27.2 Å². The number of aryl methyl sites for hydroxylation is 1. The van der Waals surface area contributed by atoms with Crippen molar-refractivity contribution < 1.29 is 19.1 Å². The first-order valence-corrected chi connectivity index (χ1v) is 10.0. The summed E-state index contributed by atoms with van der Waals surface area (Å²) in [7, 11) is 1.35. The molecule has 6 nitrogen and oxygen atoms in total. The van der Waals surface area contributed by atoms with Gasteiger partial charge in [0.2, 0.25) is 0 Å². The summed E-state index contributed by atoms with van der Waals surface area (Å²) in [4.78, 5) is 29.3. The summed E-state index contributed by atoms with van der Waals surface area (Å²) < 4.78 is 10.3. The molecule has 1 N–H and O–H groups in total. The molecule has 0 aliphatic heterocycles. The lowest BCUT2D eigenvalue weighted by Crippen LogP contribution is -2.20. The van der Waals surface area contributed by atoms with Gasteiger partial charge in [-0.1, -0.05) is 49.4 Å². The van der Waals surface area contributed by atoms with E-state index in [-0.39, 0.29) is 24.9 Å². The zero-order chi connectivity index (χ0) is 20.6. The molecule has 0 fully saturated rings. The Hall–Kier alpha value is -3.19. The lowest BCUT2D eigenvalue weighted by atomic mass is 10.1. The second-order valence-corrected chi connectivity index (χ2v) is 7.33. The standard InChI is InChI=1S/C22H22N2O4S/c1-3-15-9-11-17(12-10-15)28-14-19(25)23-22-24-21(16-7-5-4-6-8-16)18(29-22)13-20(26)27-2/h4-12H,3,13-14H2,1-2H3,(H,23,24,25). The molecule has 1 amide bonds. The van der Waals surface area contributed by atoms with Crippen LogP contribution in [0.3, 0.4) is 0 Å². The van der Waals surface area contributed by atoms with Crippen LogP contribution in [0, 0.1) is 0 Å². The van der Waals surface area contributed by atoms with E-state index in [4.69, 9.17) is 9.47 Å². The Balaban J connectivity index is 1.69. The van der Waals surface area contributed by atoms with Crippen molar-refractivity contribution in [2.24, 2.45) is 0 Å². The summed E-state index contributed by atoms with van der Waals surface area (Å²) in [6.07, 6.45) is 1.04. The molecule has 1 heterocycles. The van der Waals surface area contributed by atoms with Gasteiger partial charge in [0.15, 0.2) is 11.7 Å². The van der Waals surface area contributed by atoms with E-state index >= 15 is 0 Å². The molecule has 7 heteroatoms. The van der Waals surface area contributed by atoms with Crippen molar-refractivity contribution in [3.63, 3.8) is 0 Å². The molecule has 0 aliphatic rings. The van der Waals surface area contributed by atoms with Crippen LogP contribution >= 0.6 is 11.3 Å². The third-order valence-electron chi connectivity index (χ3n) is 4.23. The zero-order valence-corrected chi connectivity index (χ0v) is 17.1. The number of carbonyl (C=O) groups excluding carboxylic acids is 2. The number of hydrogen-bond donors (Lipinski definition) is 1. The summed E-state index contributed by atoms with van der Waals surface area (Å²) in [5, 5.41) is 3.16. The van der Waals surface area contributed by atoms with Crippen molar-refractivity contribution in [1.82, 2.24) is 4.98 Å². The smallest absolute Gasteiger partial charge is 0.310 e.